The average Bonchev–Trinajstić information content (AvgIpc) is 2.22. The number of halogens is 8. The Labute approximate surface area is 116 Å². The molecule has 0 amide bonds. The number of hydrogen-bond donors (Lipinski definition) is 1. The summed E-state index contributed by atoms with van der Waals surface area (Å²) >= 11 is 0. The van der Waals surface area contributed by atoms with Crippen molar-refractivity contribution in [3.8, 4) is 0 Å². The molecule has 0 spiro atoms. The third kappa shape index (κ3) is 5.54. The van der Waals surface area contributed by atoms with E-state index in [0.29, 0.717) is 12.1 Å². The minimum absolute atomic E-state index is 0. The van der Waals surface area contributed by atoms with E-state index in [9.17, 15) is 30.7 Å². The van der Waals surface area contributed by atoms with Crippen molar-refractivity contribution in [1.82, 2.24) is 0 Å². The van der Waals surface area contributed by atoms with Crippen LogP contribution in [-0.4, -0.2) is 6.18 Å². The molecule has 0 aliphatic carbocycles. The van der Waals surface area contributed by atoms with Crippen LogP contribution >= 0.6 is 12.4 Å². The third-order valence-electron chi connectivity index (χ3n) is 2.47. The molecule has 0 aliphatic rings. The van der Waals surface area contributed by atoms with Crippen molar-refractivity contribution in [3.05, 3.63) is 35.1 Å². The highest BCUT2D eigenvalue weighted by molar-refractivity contribution is 5.85. The molecule has 1 aromatic rings. The summed E-state index contributed by atoms with van der Waals surface area (Å²) < 4.78 is 85.8. The Hall–Kier alpha value is -1.02. The van der Waals surface area contributed by atoms with Gasteiger partial charge in [0.1, 0.15) is 5.82 Å². The molecule has 1 aromatic carbocycles. The van der Waals surface area contributed by atoms with Crippen molar-refractivity contribution in [1.29, 1.82) is 0 Å². The normalized spacial score (nSPS) is 13.8. The maximum atomic E-state index is 13.2. The molecule has 116 valence electrons. The molecule has 0 heterocycles. The topological polar surface area (TPSA) is 26.0 Å². The predicted molar refractivity (Wildman–Crippen MR) is 60.9 cm³/mol. The second kappa shape index (κ2) is 6.62. The minimum Gasteiger partial charge on any atom is -0.324 e. The highest BCUT2D eigenvalue weighted by Gasteiger charge is 2.34. The first-order valence-electron chi connectivity index (χ1n) is 5.19. The molecule has 1 nitrogen and oxygen atoms in total. The molecule has 9 heteroatoms. The fourth-order valence-electron chi connectivity index (χ4n) is 1.48. The molecule has 1 rings (SSSR count). The Morgan fingerprint density at radius 1 is 1.05 bits per heavy atom. The Bertz CT molecular complexity index is 441. The summed E-state index contributed by atoms with van der Waals surface area (Å²) in [6, 6.07) is 0.702. The van der Waals surface area contributed by atoms with Crippen LogP contribution in [0.1, 0.15) is 30.0 Å². The number of nitrogens with two attached hydrogens (primary N) is 1. The number of rotatable bonds is 3. The summed E-state index contributed by atoms with van der Waals surface area (Å²) in [4.78, 5) is 0. The van der Waals surface area contributed by atoms with Gasteiger partial charge < -0.3 is 5.73 Å². The summed E-state index contributed by atoms with van der Waals surface area (Å²) in [6.07, 6.45) is -11.0. The molecule has 2 N–H and O–H groups in total. The zero-order valence-corrected chi connectivity index (χ0v) is 10.7. The lowest BCUT2D eigenvalue weighted by Crippen LogP contribution is -2.17. The molecular weight excluding hydrogens is 315 g/mol. The minimum atomic E-state index is -4.85. The fraction of sp³-hybridized carbons (Fsp3) is 0.455. The molecule has 0 aromatic heterocycles. The zero-order valence-electron chi connectivity index (χ0n) is 9.85. The number of hydrogen-bond acceptors (Lipinski definition) is 1. The van der Waals surface area contributed by atoms with Crippen LogP contribution in [0.15, 0.2) is 18.2 Å². The van der Waals surface area contributed by atoms with E-state index < -0.39 is 42.6 Å². The molecular formula is C11H11ClF7N. The maximum Gasteiger partial charge on any atom is 0.419 e. The van der Waals surface area contributed by atoms with Crippen molar-refractivity contribution in [2.24, 2.45) is 5.73 Å². The van der Waals surface area contributed by atoms with Gasteiger partial charge in [-0.1, -0.05) is 6.07 Å². The molecule has 20 heavy (non-hydrogen) atoms. The van der Waals surface area contributed by atoms with Crippen molar-refractivity contribution < 1.29 is 30.7 Å². The average molecular weight is 326 g/mol. The van der Waals surface area contributed by atoms with Gasteiger partial charge in [0, 0.05) is 12.5 Å². The molecule has 0 radical (unpaired) electrons. The molecule has 0 aliphatic heterocycles. The van der Waals surface area contributed by atoms with Crippen molar-refractivity contribution in [2.45, 2.75) is 31.2 Å². The van der Waals surface area contributed by atoms with Gasteiger partial charge in [0.05, 0.1) is 5.56 Å². The largest absolute Gasteiger partial charge is 0.419 e. The summed E-state index contributed by atoms with van der Waals surface area (Å²) in [5.41, 5.74) is 3.81. The van der Waals surface area contributed by atoms with E-state index in [4.69, 9.17) is 5.73 Å². The van der Waals surface area contributed by atoms with Crippen LogP contribution in [0.25, 0.3) is 0 Å². The van der Waals surface area contributed by atoms with Gasteiger partial charge in [-0.2, -0.15) is 26.3 Å². The monoisotopic (exact) mass is 325 g/mol. The Morgan fingerprint density at radius 2 is 1.60 bits per heavy atom. The van der Waals surface area contributed by atoms with Gasteiger partial charge in [-0.25, -0.2) is 4.39 Å². The number of alkyl halides is 6. The molecule has 0 saturated heterocycles. The molecule has 0 bridgehead atoms. The first-order valence-corrected chi connectivity index (χ1v) is 5.19. The van der Waals surface area contributed by atoms with Gasteiger partial charge in [0.25, 0.3) is 0 Å². The van der Waals surface area contributed by atoms with Gasteiger partial charge in [0.15, 0.2) is 0 Å². The van der Waals surface area contributed by atoms with Gasteiger partial charge in [-0.3, -0.25) is 0 Å². The lowest BCUT2D eigenvalue weighted by atomic mass is 10.0. The van der Waals surface area contributed by atoms with E-state index in [2.05, 4.69) is 0 Å². The number of benzene rings is 1. The van der Waals surface area contributed by atoms with Crippen LogP contribution in [0.2, 0.25) is 0 Å². The van der Waals surface area contributed by atoms with Gasteiger partial charge >= 0.3 is 12.4 Å². The Balaban J connectivity index is 0.00000361. The van der Waals surface area contributed by atoms with E-state index in [1.807, 2.05) is 0 Å². The third-order valence-corrected chi connectivity index (χ3v) is 2.47. The van der Waals surface area contributed by atoms with Gasteiger partial charge in [0.2, 0.25) is 0 Å². The van der Waals surface area contributed by atoms with Crippen molar-refractivity contribution >= 4 is 12.4 Å². The molecule has 0 fully saturated rings. The van der Waals surface area contributed by atoms with E-state index in [0.717, 1.165) is 6.07 Å². The molecule has 0 unspecified atom stereocenters. The summed E-state index contributed by atoms with van der Waals surface area (Å²) in [5.74, 6) is -1.55. The lowest BCUT2D eigenvalue weighted by Gasteiger charge is -2.15. The van der Waals surface area contributed by atoms with E-state index in [-0.39, 0.29) is 18.0 Å². The first-order chi connectivity index (χ1) is 8.50. The predicted octanol–water partition coefficient (Wildman–Crippen LogP) is 4.61. The van der Waals surface area contributed by atoms with E-state index in [1.165, 1.54) is 0 Å². The highest BCUT2D eigenvalue weighted by Crippen LogP contribution is 2.33. The quantitative estimate of drug-likeness (QED) is 0.807. The maximum absolute atomic E-state index is 13.2. The molecule has 0 saturated carbocycles. The second-order valence-electron chi connectivity index (χ2n) is 4.00. The Morgan fingerprint density at radius 3 is 2.00 bits per heavy atom. The van der Waals surface area contributed by atoms with E-state index >= 15 is 0 Å². The smallest absolute Gasteiger partial charge is 0.324 e. The second-order valence-corrected chi connectivity index (χ2v) is 4.00. The Kier molecular flexibility index (Phi) is 6.28. The van der Waals surface area contributed by atoms with Crippen LogP contribution in [0.5, 0.6) is 0 Å². The standard InChI is InChI=1S/C11H10F7N.ClH/c12-8-5-6(1-2-7(8)11(16,17)18)9(19)3-4-10(13,14)15;/h1-2,5,9H,3-4,19H2;1H/t9-;/m0./s1. The fourth-order valence-corrected chi connectivity index (χ4v) is 1.48. The lowest BCUT2D eigenvalue weighted by molar-refractivity contribution is -0.140. The highest BCUT2D eigenvalue weighted by atomic mass is 35.5. The molecule has 1 atom stereocenters. The summed E-state index contributed by atoms with van der Waals surface area (Å²) in [6.45, 7) is 0. The summed E-state index contributed by atoms with van der Waals surface area (Å²) in [5, 5.41) is 0. The van der Waals surface area contributed by atoms with Crippen molar-refractivity contribution in [3.63, 3.8) is 0 Å². The van der Waals surface area contributed by atoms with Crippen LogP contribution in [0.3, 0.4) is 0 Å². The zero-order chi connectivity index (χ0) is 14.8. The first kappa shape index (κ1) is 19.0. The van der Waals surface area contributed by atoms with Crippen LogP contribution in [-0.2, 0) is 6.18 Å². The van der Waals surface area contributed by atoms with Crippen molar-refractivity contribution in [2.75, 3.05) is 0 Å². The summed E-state index contributed by atoms with van der Waals surface area (Å²) in [7, 11) is 0. The van der Waals surface area contributed by atoms with Gasteiger partial charge in [-0.05, 0) is 24.1 Å². The van der Waals surface area contributed by atoms with Crippen LogP contribution < -0.4 is 5.73 Å². The van der Waals surface area contributed by atoms with Gasteiger partial charge in [-0.15, -0.1) is 12.4 Å². The van der Waals surface area contributed by atoms with Crippen LogP contribution in [0, 0.1) is 5.82 Å². The van der Waals surface area contributed by atoms with Crippen LogP contribution in [0.4, 0.5) is 30.7 Å². The SMILES string of the molecule is Cl.N[C@@H](CCC(F)(F)F)c1ccc(C(F)(F)F)c(F)c1. The van der Waals surface area contributed by atoms with E-state index in [1.54, 1.807) is 0 Å².